The summed E-state index contributed by atoms with van der Waals surface area (Å²) in [5.74, 6) is 0.561. The number of benzene rings is 3. The van der Waals surface area contributed by atoms with Crippen LogP contribution in [0.1, 0.15) is 52.7 Å². The second-order valence-electron chi connectivity index (χ2n) is 8.15. The first-order valence-corrected chi connectivity index (χ1v) is 11.2. The Morgan fingerprint density at radius 1 is 1.09 bits per heavy atom. The van der Waals surface area contributed by atoms with Gasteiger partial charge in [-0.2, -0.15) is 5.26 Å². The van der Waals surface area contributed by atoms with Gasteiger partial charge in [-0.3, -0.25) is 0 Å². The Balaban J connectivity index is 1.58. The van der Waals surface area contributed by atoms with Crippen molar-refractivity contribution in [3.05, 3.63) is 100 Å². The van der Waals surface area contributed by atoms with Crippen molar-refractivity contribution in [2.45, 2.75) is 32.6 Å². The third kappa shape index (κ3) is 4.89. The molecule has 0 bridgehead atoms. The number of esters is 1. The fraction of sp³-hybridized carbons (Fsp3) is 0.214. The molecule has 0 saturated heterocycles. The Kier molecular flexibility index (Phi) is 6.84. The van der Waals surface area contributed by atoms with E-state index in [9.17, 15) is 10.1 Å². The van der Waals surface area contributed by atoms with Gasteiger partial charge in [0.05, 0.1) is 18.1 Å². The van der Waals surface area contributed by atoms with Crippen molar-refractivity contribution in [1.82, 2.24) is 0 Å². The second kappa shape index (κ2) is 10.1. The molecule has 6 heteroatoms. The lowest BCUT2D eigenvalue weighted by molar-refractivity contribution is 0.0734. The number of nitriles is 1. The normalized spacial score (nSPS) is 14.6. The van der Waals surface area contributed by atoms with Gasteiger partial charge in [0.1, 0.15) is 28.9 Å². The number of nitrogens with two attached hydrogens (primary N) is 1. The zero-order chi connectivity index (χ0) is 24.1. The third-order valence-electron chi connectivity index (χ3n) is 5.65. The second-order valence-corrected chi connectivity index (χ2v) is 8.15. The van der Waals surface area contributed by atoms with Gasteiger partial charge in [-0.1, -0.05) is 55.3 Å². The Labute approximate surface area is 199 Å². The number of ether oxygens (including phenoxy) is 3. The summed E-state index contributed by atoms with van der Waals surface area (Å²) in [5.41, 5.74) is 9.65. The standard InChI is InChI=1S/C28H26N2O4/c1-3-4-14-32-21-7-5-6-20(15-21)28(31)33-22-12-13-23-25(16-22)34-27(30)24(17-29)26(23)19-10-8-18(2)9-11-19/h5-13,15-16,26H,3-4,14,30H2,1-2H3. The first kappa shape index (κ1) is 22.9. The van der Waals surface area contributed by atoms with Crippen molar-refractivity contribution in [1.29, 1.82) is 5.26 Å². The molecule has 3 aromatic carbocycles. The van der Waals surface area contributed by atoms with Crippen LogP contribution in [0.4, 0.5) is 0 Å². The highest BCUT2D eigenvalue weighted by Crippen LogP contribution is 2.43. The molecule has 0 aromatic heterocycles. The van der Waals surface area contributed by atoms with Crippen LogP contribution in [0.3, 0.4) is 0 Å². The van der Waals surface area contributed by atoms with Gasteiger partial charge in [0.15, 0.2) is 0 Å². The molecule has 172 valence electrons. The van der Waals surface area contributed by atoms with E-state index in [4.69, 9.17) is 19.9 Å². The fourth-order valence-electron chi connectivity index (χ4n) is 3.81. The first-order chi connectivity index (χ1) is 16.5. The van der Waals surface area contributed by atoms with Gasteiger partial charge in [-0.05, 0) is 43.2 Å². The van der Waals surface area contributed by atoms with Crippen molar-refractivity contribution in [2.75, 3.05) is 6.61 Å². The minimum absolute atomic E-state index is 0.0426. The van der Waals surface area contributed by atoms with E-state index in [1.807, 2.05) is 37.3 Å². The molecular formula is C28H26N2O4. The number of unbranched alkanes of at least 4 members (excludes halogenated alkanes) is 1. The molecule has 0 amide bonds. The zero-order valence-corrected chi connectivity index (χ0v) is 19.2. The Hall–Kier alpha value is -4.24. The summed E-state index contributed by atoms with van der Waals surface area (Å²) in [5, 5.41) is 9.72. The van der Waals surface area contributed by atoms with Crippen LogP contribution in [-0.4, -0.2) is 12.6 Å². The highest BCUT2D eigenvalue weighted by atomic mass is 16.5. The average molecular weight is 455 g/mol. The summed E-state index contributed by atoms with van der Waals surface area (Å²) in [6.07, 6.45) is 1.97. The predicted molar refractivity (Wildman–Crippen MR) is 129 cm³/mol. The lowest BCUT2D eigenvalue weighted by Gasteiger charge is -2.26. The summed E-state index contributed by atoms with van der Waals surface area (Å²) in [6.45, 7) is 4.69. The number of carbonyl (C=O) groups is 1. The number of allylic oxidation sites excluding steroid dienone is 1. The fourth-order valence-corrected chi connectivity index (χ4v) is 3.81. The van der Waals surface area contributed by atoms with Gasteiger partial charge in [-0.15, -0.1) is 0 Å². The number of aryl methyl sites for hydroxylation is 1. The topological polar surface area (TPSA) is 94.6 Å². The molecule has 1 aliphatic rings. The third-order valence-corrected chi connectivity index (χ3v) is 5.65. The van der Waals surface area contributed by atoms with Crippen molar-refractivity contribution >= 4 is 5.97 Å². The molecular weight excluding hydrogens is 428 g/mol. The molecule has 0 aliphatic carbocycles. The summed E-state index contributed by atoms with van der Waals surface area (Å²) in [7, 11) is 0. The molecule has 2 N–H and O–H groups in total. The van der Waals surface area contributed by atoms with E-state index >= 15 is 0 Å². The predicted octanol–water partition coefficient (Wildman–Crippen LogP) is 5.61. The van der Waals surface area contributed by atoms with Crippen molar-refractivity contribution < 1.29 is 19.0 Å². The SMILES string of the molecule is CCCCOc1cccc(C(=O)Oc2ccc3c(c2)OC(N)=C(C#N)C3c2ccc(C)cc2)c1. The first-order valence-electron chi connectivity index (χ1n) is 11.2. The number of rotatable bonds is 7. The molecule has 1 unspecified atom stereocenters. The van der Waals surface area contributed by atoms with Crippen molar-refractivity contribution in [3.8, 4) is 23.3 Å². The Morgan fingerprint density at radius 2 is 1.88 bits per heavy atom. The van der Waals surface area contributed by atoms with E-state index in [0.29, 0.717) is 35.0 Å². The number of hydrogen-bond acceptors (Lipinski definition) is 6. The van der Waals surface area contributed by atoms with E-state index in [2.05, 4.69) is 13.0 Å². The van der Waals surface area contributed by atoms with Crippen LogP contribution in [0.15, 0.2) is 78.2 Å². The van der Waals surface area contributed by atoms with Crippen LogP contribution in [0, 0.1) is 18.3 Å². The lowest BCUT2D eigenvalue weighted by atomic mass is 9.83. The molecule has 34 heavy (non-hydrogen) atoms. The summed E-state index contributed by atoms with van der Waals surface area (Å²) in [4.78, 5) is 12.7. The molecule has 6 nitrogen and oxygen atoms in total. The van der Waals surface area contributed by atoms with Gasteiger partial charge in [0, 0.05) is 11.6 Å². The van der Waals surface area contributed by atoms with E-state index in [0.717, 1.165) is 29.5 Å². The van der Waals surface area contributed by atoms with Crippen molar-refractivity contribution in [2.24, 2.45) is 5.73 Å². The maximum atomic E-state index is 12.7. The van der Waals surface area contributed by atoms with Crippen LogP contribution in [0.2, 0.25) is 0 Å². The largest absolute Gasteiger partial charge is 0.494 e. The number of fused-ring (bicyclic) bond motifs is 1. The van der Waals surface area contributed by atoms with E-state index in [-0.39, 0.29) is 11.8 Å². The van der Waals surface area contributed by atoms with Gasteiger partial charge >= 0.3 is 5.97 Å². The van der Waals surface area contributed by atoms with Gasteiger partial charge in [0.2, 0.25) is 5.88 Å². The maximum absolute atomic E-state index is 12.7. The number of carbonyl (C=O) groups excluding carboxylic acids is 1. The molecule has 1 heterocycles. The van der Waals surface area contributed by atoms with Crippen LogP contribution in [0.25, 0.3) is 0 Å². The summed E-state index contributed by atoms with van der Waals surface area (Å²) in [6, 6.07) is 22.2. The van der Waals surface area contributed by atoms with Gasteiger partial charge in [0.25, 0.3) is 0 Å². The van der Waals surface area contributed by atoms with Gasteiger partial charge in [-0.25, -0.2) is 4.79 Å². The van der Waals surface area contributed by atoms with Crippen LogP contribution >= 0.6 is 0 Å². The van der Waals surface area contributed by atoms with Crippen LogP contribution < -0.4 is 19.9 Å². The molecule has 1 atom stereocenters. The van der Waals surface area contributed by atoms with Crippen molar-refractivity contribution in [3.63, 3.8) is 0 Å². The molecule has 1 aliphatic heterocycles. The van der Waals surface area contributed by atoms with E-state index in [1.54, 1.807) is 36.4 Å². The van der Waals surface area contributed by atoms with Gasteiger partial charge < -0.3 is 19.9 Å². The maximum Gasteiger partial charge on any atom is 0.343 e. The molecule has 0 saturated carbocycles. The highest BCUT2D eigenvalue weighted by molar-refractivity contribution is 5.91. The van der Waals surface area contributed by atoms with Crippen LogP contribution in [-0.2, 0) is 0 Å². The Morgan fingerprint density at radius 3 is 2.62 bits per heavy atom. The molecule has 0 fully saturated rings. The van der Waals surface area contributed by atoms with E-state index < -0.39 is 5.97 Å². The minimum Gasteiger partial charge on any atom is -0.494 e. The van der Waals surface area contributed by atoms with E-state index in [1.165, 1.54) is 0 Å². The molecule has 4 rings (SSSR count). The Bertz CT molecular complexity index is 1270. The average Bonchev–Trinajstić information content (AvgIpc) is 2.84. The molecule has 3 aromatic rings. The summed E-state index contributed by atoms with van der Waals surface area (Å²) < 4.78 is 17.0. The smallest absolute Gasteiger partial charge is 0.343 e. The van der Waals surface area contributed by atoms with Crippen LogP contribution in [0.5, 0.6) is 17.2 Å². The monoisotopic (exact) mass is 454 g/mol. The summed E-state index contributed by atoms with van der Waals surface area (Å²) >= 11 is 0. The molecule has 0 radical (unpaired) electrons. The quantitative estimate of drug-likeness (QED) is 0.283. The number of nitrogens with zero attached hydrogens (tertiary/aromatic N) is 1. The lowest BCUT2D eigenvalue weighted by Crippen LogP contribution is -2.21. The minimum atomic E-state index is -0.506. The zero-order valence-electron chi connectivity index (χ0n) is 19.2. The highest BCUT2D eigenvalue weighted by Gasteiger charge is 2.31. The molecule has 0 spiro atoms. The number of hydrogen-bond donors (Lipinski definition) is 1.